The molecule has 14 nitrogen and oxygen atoms in total. The lowest BCUT2D eigenvalue weighted by molar-refractivity contribution is -0.136. The van der Waals surface area contributed by atoms with Gasteiger partial charge in [0.25, 0.3) is 11.8 Å². The standard InChI is InChI=1S/C37H47N7O7S/c1-21(2)31-34(48)39-24(5)36(49)43(6)15-16-44(37(50)26-13-14-29(51-7)22(3)17-26)19-30(45)40-27(18-25-11-9-8-10-12-25)35-41-28(20-52-35)33(47)38-23(4)32(46)42-31/h8-14,17,20-21,23-24,27,31H,15-16,18-19H2,1-7H3,(H,38,47)(H,39,48)(H,40,45)(H,42,46)/t23-,24+,27-,31-/m0/s1. The molecule has 2 aromatic carbocycles. The van der Waals surface area contributed by atoms with E-state index in [0.717, 1.165) is 11.1 Å². The van der Waals surface area contributed by atoms with Crippen molar-refractivity contribution in [3.8, 4) is 5.75 Å². The van der Waals surface area contributed by atoms with Crippen LogP contribution >= 0.6 is 11.3 Å². The van der Waals surface area contributed by atoms with Crippen LogP contribution in [0.15, 0.2) is 53.9 Å². The first-order valence-corrected chi connectivity index (χ1v) is 18.0. The Morgan fingerprint density at radius 2 is 1.65 bits per heavy atom. The van der Waals surface area contributed by atoms with Crippen molar-refractivity contribution in [2.45, 2.75) is 65.2 Å². The van der Waals surface area contributed by atoms with Crippen molar-refractivity contribution in [1.82, 2.24) is 36.1 Å². The molecule has 0 unspecified atom stereocenters. The van der Waals surface area contributed by atoms with Crippen molar-refractivity contribution >= 4 is 46.8 Å². The Hall–Kier alpha value is -5.31. The molecular formula is C37H47N7O7S. The summed E-state index contributed by atoms with van der Waals surface area (Å²) in [6, 6.07) is 10.8. The molecule has 0 spiro atoms. The maximum absolute atomic E-state index is 13.9. The minimum atomic E-state index is -1.02. The number of carbonyl (C=O) groups is 6. The van der Waals surface area contributed by atoms with Gasteiger partial charge >= 0.3 is 0 Å². The number of ether oxygens (including phenoxy) is 1. The lowest BCUT2D eigenvalue weighted by Crippen LogP contribution is -2.57. The number of carbonyl (C=O) groups excluding carboxylic acids is 6. The topological polar surface area (TPSA) is 179 Å². The van der Waals surface area contributed by atoms with E-state index in [0.29, 0.717) is 22.7 Å². The van der Waals surface area contributed by atoms with Gasteiger partial charge in [0.2, 0.25) is 23.6 Å². The van der Waals surface area contributed by atoms with Crippen LogP contribution in [0.25, 0.3) is 0 Å². The molecule has 1 aliphatic heterocycles. The quantitative estimate of drug-likeness (QED) is 0.309. The summed E-state index contributed by atoms with van der Waals surface area (Å²) >= 11 is 1.18. The van der Waals surface area contributed by atoms with E-state index in [4.69, 9.17) is 4.74 Å². The van der Waals surface area contributed by atoms with Gasteiger partial charge in [-0.05, 0) is 62.4 Å². The molecule has 0 fully saturated rings. The van der Waals surface area contributed by atoms with E-state index < -0.39 is 59.6 Å². The van der Waals surface area contributed by atoms with Gasteiger partial charge in [-0.15, -0.1) is 11.3 Å². The van der Waals surface area contributed by atoms with Gasteiger partial charge in [-0.1, -0.05) is 44.2 Å². The largest absolute Gasteiger partial charge is 0.496 e. The second-order valence-electron chi connectivity index (χ2n) is 13.2. The number of hydrogen-bond donors (Lipinski definition) is 4. The maximum atomic E-state index is 13.9. The Labute approximate surface area is 307 Å². The minimum Gasteiger partial charge on any atom is -0.496 e. The van der Waals surface area contributed by atoms with Gasteiger partial charge in [0.05, 0.1) is 19.7 Å². The summed E-state index contributed by atoms with van der Waals surface area (Å²) in [4.78, 5) is 88.1. The Kier molecular flexibility index (Phi) is 13.5. The highest BCUT2D eigenvalue weighted by Crippen LogP contribution is 2.24. The summed E-state index contributed by atoms with van der Waals surface area (Å²) in [5, 5.41) is 13.0. The summed E-state index contributed by atoms with van der Waals surface area (Å²) in [5.41, 5.74) is 2.02. The predicted molar refractivity (Wildman–Crippen MR) is 196 cm³/mol. The van der Waals surface area contributed by atoms with Gasteiger partial charge < -0.3 is 35.8 Å². The second-order valence-corrected chi connectivity index (χ2v) is 14.1. The molecule has 0 radical (unpaired) electrons. The van der Waals surface area contributed by atoms with Gasteiger partial charge in [0.1, 0.15) is 34.6 Å². The molecule has 1 aliphatic rings. The predicted octanol–water partition coefficient (Wildman–Crippen LogP) is 2.24. The Morgan fingerprint density at radius 3 is 2.31 bits per heavy atom. The smallest absolute Gasteiger partial charge is 0.271 e. The van der Waals surface area contributed by atoms with Crippen LogP contribution in [0.3, 0.4) is 0 Å². The van der Waals surface area contributed by atoms with E-state index in [-0.39, 0.29) is 31.2 Å². The summed E-state index contributed by atoms with van der Waals surface area (Å²) in [7, 11) is 3.08. The SMILES string of the molecule is COc1ccc(C(=O)N2CCN(C)C(=O)[C@@H](C)NC(=O)[C@H](C(C)C)NC(=O)[C@H](C)NC(=O)c3csc(n3)[C@H](Cc3ccccc3)NC(=O)C2)cc1C. The minimum absolute atomic E-state index is 0.00623. The number of hydrogen-bond acceptors (Lipinski definition) is 9. The summed E-state index contributed by atoms with van der Waals surface area (Å²) in [6.45, 7) is 8.03. The highest BCUT2D eigenvalue weighted by Gasteiger charge is 2.31. The average molecular weight is 734 g/mol. The molecule has 4 N–H and O–H groups in total. The molecule has 278 valence electrons. The van der Waals surface area contributed by atoms with Crippen LogP contribution in [0.2, 0.25) is 0 Å². The van der Waals surface area contributed by atoms with Crippen LogP contribution in [-0.4, -0.2) is 102 Å². The highest BCUT2D eigenvalue weighted by molar-refractivity contribution is 7.09. The molecule has 52 heavy (non-hydrogen) atoms. The number of aromatic nitrogens is 1. The van der Waals surface area contributed by atoms with Crippen molar-refractivity contribution in [2.24, 2.45) is 5.92 Å². The van der Waals surface area contributed by atoms with E-state index >= 15 is 0 Å². The molecule has 15 heteroatoms. The van der Waals surface area contributed by atoms with E-state index in [2.05, 4.69) is 26.3 Å². The van der Waals surface area contributed by atoms with E-state index in [1.165, 1.54) is 42.1 Å². The average Bonchev–Trinajstić information content (AvgIpc) is 3.61. The van der Waals surface area contributed by atoms with Crippen molar-refractivity contribution in [2.75, 3.05) is 33.8 Å². The van der Waals surface area contributed by atoms with Crippen LogP contribution in [0.5, 0.6) is 5.75 Å². The molecule has 0 saturated carbocycles. The first-order valence-electron chi connectivity index (χ1n) is 17.1. The molecule has 0 aliphatic carbocycles. The zero-order chi connectivity index (χ0) is 38.1. The number of nitrogens with one attached hydrogen (secondary N) is 4. The first-order chi connectivity index (χ1) is 24.7. The molecule has 2 heterocycles. The Morgan fingerprint density at radius 1 is 0.942 bits per heavy atom. The normalized spacial score (nSPS) is 21.4. The van der Waals surface area contributed by atoms with Crippen molar-refractivity contribution in [3.05, 3.63) is 81.3 Å². The van der Waals surface area contributed by atoms with Crippen molar-refractivity contribution < 1.29 is 33.5 Å². The fourth-order valence-electron chi connectivity index (χ4n) is 5.69. The fourth-order valence-corrected chi connectivity index (χ4v) is 6.54. The highest BCUT2D eigenvalue weighted by atomic mass is 32.1. The van der Waals surface area contributed by atoms with Gasteiger partial charge in [-0.2, -0.15) is 0 Å². The second kappa shape index (κ2) is 17.8. The fraction of sp³-hybridized carbons (Fsp3) is 0.432. The van der Waals surface area contributed by atoms with E-state index in [1.807, 2.05) is 37.3 Å². The summed E-state index contributed by atoms with van der Waals surface area (Å²) in [5.74, 6) is -2.86. The number of likely N-dealkylation sites (N-methyl/N-ethyl adjacent to an activating group) is 1. The van der Waals surface area contributed by atoms with E-state index in [9.17, 15) is 28.8 Å². The number of rotatable bonds is 5. The molecule has 2 bridgehead atoms. The molecule has 4 atom stereocenters. The van der Waals surface area contributed by atoms with Gasteiger partial charge in [0.15, 0.2) is 0 Å². The van der Waals surface area contributed by atoms with Gasteiger partial charge in [-0.3, -0.25) is 28.8 Å². The van der Waals surface area contributed by atoms with Crippen LogP contribution in [-0.2, 0) is 25.6 Å². The van der Waals surface area contributed by atoms with E-state index in [1.54, 1.807) is 44.5 Å². The number of thiazole rings is 1. The maximum Gasteiger partial charge on any atom is 0.271 e. The summed E-state index contributed by atoms with van der Waals surface area (Å²) < 4.78 is 5.35. The van der Waals surface area contributed by atoms with Gasteiger partial charge in [-0.25, -0.2) is 4.98 Å². The Bertz CT molecular complexity index is 1780. The van der Waals surface area contributed by atoms with Crippen LogP contribution in [0, 0.1) is 12.8 Å². The molecule has 4 rings (SSSR count). The van der Waals surface area contributed by atoms with Crippen molar-refractivity contribution in [3.63, 3.8) is 0 Å². The lowest BCUT2D eigenvalue weighted by atomic mass is 10.0. The number of aryl methyl sites for hydroxylation is 1. The van der Waals surface area contributed by atoms with Crippen molar-refractivity contribution in [1.29, 1.82) is 0 Å². The number of amides is 6. The third-order valence-electron chi connectivity index (χ3n) is 8.73. The zero-order valence-electron chi connectivity index (χ0n) is 30.5. The van der Waals surface area contributed by atoms with Gasteiger partial charge in [0, 0.05) is 31.1 Å². The first kappa shape index (κ1) is 39.5. The van der Waals surface area contributed by atoms with Crippen LogP contribution < -0.4 is 26.0 Å². The number of methoxy groups -OCH3 is 1. The lowest BCUT2D eigenvalue weighted by Gasteiger charge is -2.29. The summed E-state index contributed by atoms with van der Waals surface area (Å²) in [6.07, 6.45) is 0.346. The number of nitrogens with zero attached hydrogens (tertiary/aromatic N) is 3. The molecule has 0 saturated heterocycles. The zero-order valence-corrected chi connectivity index (χ0v) is 31.3. The molecule has 3 aromatic rings. The monoisotopic (exact) mass is 733 g/mol. The van der Waals surface area contributed by atoms with Crippen LogP contribution in [0.1, 0.15) is 70.7 Å². The van der Waals surface area contributed by atoms with Crippen LogP contribution in [0.4, 0.5) is 0 Å². The Balaban J connectivity index is 1.70. The molecule has 6 amide bonds. The number of benzene rings is 2. The third-order valence-corrected chi connectivity index (χ3v) is 9.69. The molecular weight excluding hydrogens is 687 g/mol. The third kappa shape index (κ3) is 10.1. The number of fused-ring (bicyclic) bond motifs is 2. The molecule has 1 aromatic heterocycles.